The van der Waals surface area contributed by atoms with E-state index >= 15 is 0 Å². The van der Waals surface area contributed by atoms with Crippen LogP contribution in [0.25, 0.3) is 0 Å². The van der Waals surface area contributed by atoms with Crippen molar-refractivity contribution in [2.45, 2.75) is 0 Å². The van der Waals surface area contributed by atoms with Crippen LogP contribution in [0, 0.1) is 0 Å². The van der Waals surface area contributed by atoms with Gasteiger partial charge in [0.2, 0.25) is 0 Å². The Balaban J connectivity index is 2.01. The van der Waals surface area contributed by atoms with E-state index in [2.05, 4.69) is 20.7 Å². The summed E-state index contributed by atoms with van der Waals surface area (Å²) < 4.78 is 0. The van der Waals surface area contributed by atoms with Crippen LogP contribution >= 0.6 is 0 Å². The van der Waals surface area contributed by atoms with Gasteiger partial charge in [-0.3, -0.25) is 9.78 Å². The fourth-order valence-corrected chi connectivity index (χ4v) is 1.54. The van der Waals surface area contributed by atoms with E-state index in [4.69, 9.17) is 10.3 Å². The van der Waals surface area contributed by atoms with Gasteiger partial charge in [0.05, 0.1) is 23.7 Å². The molecular formula is C14H12N4O4. The summed E-state index contributed by atoms with van der Waals surface area (Å²) in [4.78, 5) is 15.7. The topological polar surface area (TPSA) is 127 Å². The van der Waals surface area contributed by atoms with Gasteiger partial charge in [-0.25, -0.2) is 5.43 Å². The highest BCUT2D eigenvalue weighted by molar-refractivity contribution is 5.95. The molecule has 0 atom stereocenters. The molecule has 0 radical (unpaired) electrons. The van der Waals surface area contributed by atoms with E-state index in [1.54, 1.807) is 0 Å². The number of nitrogens with zero attached hydrogens (tertiary/aromatic N) is 3. The van der Waals surface area contributed by atoms with E-state index in [0.717, 1.165) is 12.3 Å². The number of phenolic OH excluding ortho intramolecular Hbond substituents is 2. The lowest BCUT2D eigenvalue weighted by atomic mass is 10.2. The Morgan fingerprint density at radius 2 is 2.00 bits per heavy atom. The van der Waals surface area contributed by atoms with Crippen LogP contribution in [-0.2, 0) is 0 Å². The summed E-state index contributed by atoms with van der Waals surface area (Å²) in [5.41, 5.74) is 3.28. The molecule has 112 valence electrons. The SMILES string of the molecule is O=C(NN=Cc1ccc(O)cc1O)c1ccc(C=NO)nc1. The van der Waals surface area contributed by atoms with Gasteiger partial charge in [0.1, 0.15) is 11.5 Å². The Morgan fingerprint density at radius 1 is 1.18 bits per heavy atom. The third-order valence-corrected chi connectivity index (χ3v) is 2.62. The Labute approximate surface area is 125 Å². The van der Waals surface area contributed by atoms with Crippen LogP contribution in [0.4, 0.5) is 0 Å². The molecule has 0 bridgehead atoms. The van der Waals surface area contributed by atoms with Gasteiger partial charge in [-0.05, 0) is 24.3 Å². The summed E-state index contributed by atoms with van der Waals surface area (Å²) in [7, 11) is 0. The molecule has 0 saturated heterocycles. The molecule has 0 aliphatic rings. The van der Waals surface area contributed by atoms with E-state index in [9.17, 15) is 9.90 Å². The van der Waals surface area contributed by atoms with Crippen molar-refractivity contribution in [2.24, 2.45) is 10.3 Å². The standard InChI is InChI=1S/C14H12N4O4/c19-12-4-2-9(13(20)5-12)7-16-18-14(21)10-1-3-11(8-17-22)15-6-10/h1-8,19-20,22H,(H,18,21). The molecule has 0 aliphatic heterocycles. The number of oxime groups is 1. The summed E-state index contributed by atoms with van der Waals surface area (Å²) in [6, 6.07) is 6.99. The summed E-state index contributed by atoms with van der Waals surface area (Å²) in [5, 5.41) is 33.6. The minimum atomic E-state index is -0.491. The lowest BCUT2D eigenvalue weighted by Gasteiger charge is -2.01. The van der Waals surface area contributed by atoms with Gasteiger partial charge in [-0.2, -0.15) is 5.10 Å². The first-order chi connectivity index (χ1) is 10.6. The second kappa shape index (κ2) is 6.84. The van der Waals surface area contributed by atoms with Crippen molar-refractivity contribution >= 4 is 18.3 Å². The maximum Gasteiger partial charge on any atom is 0.272 e. The quantitative estimate of drug-likeness (QED) is 0.381. The van der Waals surface area contributed by atoms with Crippen molar-refractivity contribution in [1.82, 2.24) is 10.4 Å². The van der Waals surface area contributed by atoms with Crippen LogP contribution in [0.15, 0.2) is 46.8 Å². The van der Waals surface area contributed by atoms with Crippen molar-refractivity contribution in [2.75, 3.05) is 0 Å². The van der Waals surface area contributed by atoms with E-state index in [-0.39, 0.29) is 17.1 Å². The molecule has 2 aromatic rings. The van der Waals surface area contributed by atoms with E-state index in [0.29, 0.717) is 11.3 Å². The first-order valence-corrected chi connectivity index (χ1v) is 6.09. The Morgan fingerprint density at radius 3 is 2.64 bits per heavy atom. The molecule has 22 heavy (non-hydrogen) atoms. The average molecular weight is 300 g/mol. The van der Waals surface area contributed by atoms with Crippen LogP contribution in [-0.4, -0.2) is 38.7 Å². The number of pyridine rings is 1. The second-order valence-electron chi connectivity index (χ2n) is 4.16. The first kappa shape index (κ1) is 15.0. The predicted molar refractivity (Wildman–Crippen MR) is 78.4 cm³/mol. The van der Waals surface area contributed by atoms with Gasteiger partial charge in [-0.1, -0.05) is 5.16 Å². The van der Waals surface area contributed by atoms with Gasteiger partial charge >= 0.3 is 0 Å². The Kier molecular flexibility index (Phi) is 4.66. The molecular weight excluding hydrogens is 288 g/mol. The van der Waals surface area contributed by atoms with Crippen LogP contribution in [0.3, 0.4) is 0 Å². The number of amides is 1. The Hall–Kier alpha value is -3.42. The molecule has 0 aliphatic carbocycles. The molecule has 1 aromatic heterocycles. The van der Waals surface area contributed by atoms with Crippen LogP contribution in [0.1, 0.15) is 21.6 Å². The summed E-state index contributed by atoms with van der Waals surface area (Å²) in [6.45, 7) is 0. The molecule has 0 spiro atoms. The summed E-state index contributed by atoms with van der Waals surface area (Å²) in [5.74, 6) is -0.724. The molecule has 1 heterocycles. The fraction of sp³-hybridized carbons (Fsp3) is 0. The first-order valence-electron chi connectivity index (χ1n) is 6.09. The number of hydrogen-bond acceptors (Lipinski definition) is 7. The zero-order valence-electron chi connectivity index (χ0n) is 11.2. The number of nitrogens with one attached hydrogen (secondary N) is 1. The van der Waals surface area contributed by atoms with Gasteiger partial charge in [0.25, 0.3) is 5.91 Å². The van der Waals surface area contributed by atoms with Gasteiger partial charge in [0, 0.05) is 17.8 Å². The molecule has 1 amide bonds. The van der Waals surface area contributed by atoms with Gasteiger partial charge in [0.15, 0.2) is 0 Å². The van der Waals surface area contributed by atoms with Gasteiger partial charge < -0.3 is 15.4 Å². The number of rotatable bonds is 4. The molecule has 8 nitrogen and oxygen atoms in total. The number of carbonyl (C=O) groups is 1. The number of benzene rings is 1. The second-order valence-corrected chi connectivity index (χ2v) is 4.16. The number of hydrogen-bond donors (Lipinski definition) is 4. The monoisotopic (exact) mass is 300 g/mol. The van der Waals surface area contributed by atoms with E-state index in [1.807, 2.05) is 0 Å². The third-order valence-electron chi connectivity index (χ3n) is 2.62. The maximum absolute atomic E-state index is 11.8. The molecule has 8 heteroatoms. The highest BCUT2D eigenvalue weighted by Crippen LogP contribution is 2.20. The van der Waals surface area contributed by atoms with Crippen molar-refractivity contribution in [1.29, 1.82) is 0 Å². The number of aromatic hydroxyl groups is 2. The number of phenols is 2. The average Bonchev–Trinajstić information content (AvgIpc) is 2.50. The fourth-order valence-electron chi connectivity index (χ4n) is 1.54. The zero-order valence-corrected chi connectivity index (χ0v) is 11.2. The number of hydrazone groups is 1. The van der Waals surface area contributed by atoms with Crippen LogP contribution in [0.2, 0.25) is 0 Å². The third kappa shape index (κ3) is 3.79. The van der Waals surface area contributed by atoms with Crippen molar-refractivity contribution in [3.8, 4) is 11.5 Å². The highest BCUT2D eigenvalue weighted by Gasteiger charge is 2.05. The van der Waals surface area contributed by atoms with Crippen molar-refractivity contribution < 1.29 is 20.2 Å². The van der Waals surface area contributed by atoms with E-state index < -0.39 is 5.91 Å². The van der Waals surface area contributed by atoms with Gasteiger partial charge in [-0.15, -0.1) is 0 Å². The minimum absolute atomic E-state index is 0.0729. The summed E-state index contributed by atoms with van der Waals surface area (Å²) >= 11 is 0. The maximum atomic E-state index is 11.8. The minimum Gasteiger partial charge on any atom is -0.508 e. The van der Waals surface area contributed by atoms with Crippen LogP contribution in [0.5, 0.6) is 11.5 Å². The molecule has 0 fully saturated rings. The molecule has 0 saturated carbocycles. The predicted octanol–water partition coefficient (Wildman–Crippen LogP) is 1.06. The molecule has 2 rings (SSSR count). The molecule has 0 unspecified atom stereocenters. The van der Waals surface area contributed by atoms with E-state index in [1.165, 1.54) is 36.7 Å². The number of aromatic nitrogens is 1. The normalized spacial score (nSPS) is 11.1. The Bertz CT molecular complexity index is 726. The summed E-state index contributed by atoms with van der Waals surface area (Å²) in [6.07, 6.45) is 3.68. The lowest BCUT2D eigenvalue weighted by Crippen LogP contribution is -2.17. The largest absolute Gasteiger partial charge is 0.508 e. The smallest absolute Gasteiger partial charge is 0.272 e. The molecule has 4 N–H and O–H groups in total. The molecule has 1 aromatic carbocycles. The lowest BCUT2D eigenvalue weighted by molar-refractivity contribution is 0.0954. The zero-order chi connectivity index (χ0) is 15.9. The number of carbonyl (C=O) groups excluding carboxylic acids is 1. The van der Waals surface area contributed by atoms with Crippen LogP contribution < -0.4 is 5.43 Å². The van der Waals surface area contributed by atoms with Crippen molar-refractivity contribution in [3.63, 3.8) is 0 Å². The van der Waals surface area contributed by atoms with Crippen molar-refractivity contribution in [3.05, 3.63) is 53.3 Å². The highest BCUT2D eigenvalue weighted by atomic mass is 16.4.